The second-order valence-electron chi connectivity index (χ2n) is 3.37. The van der Waals surface area contributed by atoms with Gasteiger partial charge in [-0.3, -0.25) is 4.79 Å². The van der Waals surface area contributed by atoms with Gasteiger partial charge in [-0.05, 0) is 18.5 Å². The summed E-state index contributed by atoms with van der Waals surface area (Å²) < 4.78 is 9.71. The van der Waals surface area contributed by atoms with E-state index in [-0.39, 0.29) is 23.7 Å². The average Bonchev–Trinajstić information content (AvgIpc) is 2.35. The molecule has 18 heavy (non-hydrogen) atoms. The van der Waals surface area contributed by atoms with Crippen LogP contribution >= 0.6 is 11.6 Å². The zero-order valence-electron chi connectivity index (χ0n) is 10.5. The molecule has 0 aromatic carbocycles. The topological polar surface area (TPSA) is 77.4 Å². The van der Waals surface area contributed by atoms with E-state index in [2.05, 4.69) is 15.0 Å². The molecular formula is C10H15ClN4O3. The van der Waals surface area contributed by atoms with Crippen LogP contribution in [0.5, 0.6) is 6.01 Å². The van der Waals surface area contributed by atoms with E-state index < -0.39 is 0 Å². The molecule has 8 heteroatoms. The van der Waals surface area contributed by atoms with Crippen LogP contribution in [0.2, 0.25) is 5.28 Å². The number of halogens is 1. The van der Waals surface area contributed by atoms with Gasteiger partial charge in [0.15, 0.2) is 0 Å². The Labute approximate surface area is 110 Å². The van der Waals surface area contributed by atoms with Crippen LogP contribution in [-0.2, 0) is 9.53 Å². The lowest BCUT2D eigenvalue weighted by atomic mass is 10.4. The summed E-state index contributed by atoms with van der Waals surface area (Å²) in [7, 11) is 3.18. The van der Waals surface area contributed by atoms with Gasteiger partial charge in [0, 0.05) is 13.6 Å². The van der Waals surface area contributed by atoms with E-state index in [9.17, 15) is 4.79 Å². The van der Waals surface area contributed by atoms with Crippen molar-refractivity contribution in [3.05, 3.63) is 5.28 Å². The highest BCUT2D eigenvalue weighted by atomic mass is 35.5. The Morgan fingerprint density at radius 3 is 2.72 bits per heavy atom. The van der Waals surface area contributed by atoms with Gasteiger partial charge in [0.1, 0.15) is 0 Å². The Hall–Kier alpha value is -1.63. The van der Waals surface area contributed by atoms with Gasteiger partial charge < -0.3 is 14.4 Å². The van der Waals surface area contributed by atoms with Gasteiger partial charge in [-0.25, -0.2) is 0 Å². The molecule has 0 bridgehead atoms. The zero-order chi connectivity index (χ0) is 13.5. The number of carbonyl (C=O) groups excluding carboxylic acids is 1. The number of nitrogens with zero attached hydrogens (tertiary/aromatic N) is 4. The fourth-order valence-electron chi connectivity index (χ4n) is 1.18. The van der Waals surface area contributed by atoms with Crippen molar-refractivity contribution in [1.82, 2.24) is 15.0 Å². The monoisotopic (exact) mass is 274 g/mol. The largest absolute Gasteiger partial charge is 0.467 e. The molecule has 0 spiro atoms. The van der Waals surface area contributed by atoms with Gasteiger partial charge in [-0.15, -0.1) is 0 Å². The van der Waals surface area contributed by atoms with Gasteiger partial charge in [0.25, 0.3) is 0 Å². The molecule has 100 valence electrons. The summed E-state index contributed by atoms with van der Waals surface area (Å²) in [4.78, 5) is 24.6. The molecule has 1 heterocycles. The van der Waals surface area contributed by atoms with E-state index in [1.54, 1.807) is 18.9 Å². The first-order valence-corrected chi connectivity index (χ1v) is 5.77. The molecule has 0 saturated heterocycles. The van der Waals surface area contributed by atoms with Crippen molar-refractivity contribution in [3.63, 3.8) is 0 Å². The Bertz CT molecular complexity index is 416. The second kappa shape index (κ2) is 6.95. The molecule has 0 saturated carbocycles. The fraction of sp³-hybridized carbons (Fsp3) is 0.600. The van der Waals surface area contributed by atoms with E-state index in [0.29, 0.717) is 19.1 Å². The SMILES string of the molecule is CCOC(=O)CCN(C)c1nc(Cl)nc(OC)n1. The molecule has 7 nitrogen and oxygen atoms in total. The van der Waals surface area contributed by atoms with Crippen molar-refractivity contribution >= 4 is 23.5 Å². The molecule has 0 fully saturated rings. The summed E-state index contributed by atoms with van der Waals surface area (Å²) in [5.41, 5.74) is 0. The zero-order valence-corrected chi connectivity index (χ0v) is 11.3. The quantitative estimate of drug-likeness (QED) is 0.714. The number of aromatic nitrogens is 3. The Morgan fingerprint density at radius 1 is 1.39 bits per heavy atom. The second-order valence-corrected chi connectivity index (χ2v) is 3.71. The minimum Gasteiger partial charge on any atom is -0.467 e. The normalized spacial score (nSPS) is 10.0. The Morgan fingerprint density at radius 2 is 2.11 bits per heavy atom. The molecule has 0 radical (unpaired) electrons. The van der Waals surface area contributed by atoms with Crippen molar-refractivity contribution < 1.29 is 14.3 Å². The van der Waals surface area contributed by atoms with Crippen LogP contribution in [0, 0.1) is 0 Å². The maximum Gasteiger partial charge on any atom is 0.322 e. The lowest BCUT2D eigenvalue weighted by Crippen LogP contribution is -2.24. The highest BCUT2D eigenvalue weighted by molar-refractivity contribution is 6.28. The summed E-state index contributed by atoms with van der Waals surface area (Å²) in [6.45, 7) is 2.55. The van der Waals surface area contributed by atoms with Crippen molar-refractivity contribution in [2.75, 3.05) is 32.2 Å². The minimum atomic E-state index is -0.267. The number of anilines is 1. The standard InChI is InChI=1S/C10H15ClN4O3/c1-4-18-7(16)5-6-15(2)9-12-8(11)13-10(14-9)17-3/h4-6H2,1-3H3. The molecule has 0 N–H and O–H groups in total. The summed E-state index contributed by atoms with van der Waals surface area (Å²) >= 11 is 5.72. The highest BCUT2D eigenvalue weighted by Gasteiger charge is 2.11. The number of rotatable bonds is 6. The number of carbonyl (C=O) groups is 1. The molecule has 1 aromatic heterocycles. The molecule has 0 unspecified atom stereocenters. The van der Waals surface area contributed by atoms with E-state index in [0.717, 1.165) is 0 Å². The molecule has 1 rings (SSSR count). The van der Waals surface area contributed by atoms with Crippen LogP contribution < -0.4 is 9.64 Å². The highest BCUT2D eigenvalue weighted by Crippen LogP contribution is 2.13. The third kappa shape index (κ3) is 4.33. The lowest BCUT2D eigenvalue weighted by Gasteiger charge is -2.16. The fourth-order valence-corrected chi connectivity index (χ4v) is 1.32. The number of methoxy groups -OCH3 is 1. The molecule has 1 aromatic rings. The summed E-state index contributed by atoms with van der Waals surface area (Å²) in [5, 5.41) is 0.0415. The maximum absolute atomic E-state index is 11.2. The minimum absolute atomic E-state index is 0.0415. The van der Waals surface area contributed by atoms with Crippen LogP contribution in [0.1, 0.15) is 13.3 Å². The van der Waals surface area contributed by atoms with Crippen LogP contribution in [0.15, 0.2) is 0 Å². The van der Waals surface area contributed by atoms with Gasteiger partial charge in [-0.2, -0.15) is 15.0 Å². The first-order valence-electron chi connectivity index (χ1n) is 5.39. The summed E-state index contributed by atoms with van der Waals surface area (Å²) in [6.07, 6.45) is 0.246. The molecular weight excluding hydrogens is 260 g/mol. The van der Waals surface area contributed by atoms with E-state index in [4.69, 9.17) is 21.1 Å². The van der Waals surface area contributed by atoms with Crippen molar-refractivity contribution in [2.45, 2.75) is 13.3 Å². The van der Waals surface area contributed by atoms with Crippen molar-refractivity contribution in [2.24, 2.45) is 0 Å². The van der Waals surface area contributed by atoms with Crippen LogP contribution in [0.25, 0.3) is 0 Å². The number of hydrogen-bond acceptors (Lipinski definition) is 7. The van der Waals surface area contributed by atoms with Crippen LogP contribution in [0.4, 0.5) is 5.95 Å². The first kappa shape index (κ1) is 14.4. The maximum atomic E-state index is 11.2. The third-order valence-corrected chi connectivity index (χ3v) is 2.23. The van der Waals surface area contributed by atoms with Crippen molar-refractivity contribution in [1.29, 1.82) is 0 Å². The predicted molar refractivity (Wildman–Crippen MR) is 65.9 cm³/mol. The van der Waals surface area contributed by atoms with E-state index in [1.807, 2.05) is 0 Å². The number of esters is 1. The third-order valence-electron chi connectivity index (χ3n) is 2.06. The summed E-state index contributed by atoms with van der Waals surface area (Å²) in [5.74, 6) is 0.0765. The summed E-state index contributed by atoms with van der Waals surface area (Å²) in [6, 6.07) is 0.132. The molecule has 0 atom stereocenters. The molecule has 0 aliphatic rings. The molecule has 0 aliphatic heterocycles. The van der Waals surface area contributed by atoms with Crippen molar-refractivity contribution in [3.8, 4) is 6.01 Å². The average molecular weight is 275 g/mol. The van der Waals surface area contributed by atoms with Gasteiger partial charge in [-0.1, -0.05) is 0 Å². The van der Waals surface area contributed by atoms with Gasteiger partial charge >= 0.3 is 12.0 Å². The first-order chi connectivity index (χ1) is 8.56. The van der Waals surface area contributed by atoms with E-state index in [1.165, 1.54) is 7.11 Å². The molecule has 0 amide bonds. The van der Waals surface area contributed by atoms with E-state index >= 15 is 0 Å². The number of hydrogen-bond donors (Lipinski definition) is 0. The number of ether oxygens (including phenoxy) is 2. The molecule has 0 aliphatic carbocycles. The van der Waals surface area contributed by atoms with Gasteiger partial charge in [0.2, 0.25) is 11.2 Å². The van der Waals surface area contributed by atoms with Crippen LogP contribution in [-0.4, -0.2) is 48.2 Å². The predicted octanol–water partition coefficient (Wildman–Crippen LogP) is 0.923. The van der Waals surface area contributed by atoms with Crippen LogP contribution in [0.3, 0.4) is 0 Å². The smallest absolute Gasteiger partial charge is 0.322 e. The van der Waals surface area contributed by atoms with Gasteiger partial charge in [0.05, 0.1) is 20.1 Å². The Kier molecular flexibility index (Phi) is 5.57. The lowest BCUT2D eigenvalue weighted by molar-refractivity contribution is -0.142. The Balaban J connectivity index is 2.63.